The summed E-state index contributed by atoms with van der Waals surface area (Å²) >= 11 is 0. The van der Waals surface area contributed by atoms with Crippen LogP contribution in [-0.4, -0.2) is 53.7 Å². The number of esters is 1. The summed E-state index contributed by atoms with van der Waals surface area (Å²) in [7, 11) is 0. The third-order valence-electron chi connectivity index (χ3n) is 5.68. The molecular formula is C25H27N3O4. The van der Waals surface area contributed by atoms with E-state index in [0.717, 1.165) is 36.0 Å². The number of nitrogens with zero attached hydrogens (tertiary/aromatic N) is 3. The molecule has 3 heterocycles. The number of para-hydroxylation sites is 1. The molecule has 2 aromatic heterocycles. The number of rotatable bonds is 6. The van der Waals surface area contributed by atoms with Gasteiger partial charge in [0, 0.05) is 41.9 Å². The molecule has 0 aliphatic carbocycles. The molecule has 166 valence electrons. The van der Waals surface area contributed by atoms with E-state index in [1.807, 2.05) is 54.8 Å². The minimum absolute atomic E-state index is 0.230. The van der Waals surface area contributed by atoms with Gasteiger partial charge in [-0.25, -0.2) is 9.78 Å². The maximum absolute atomic E-state index is 13.1. The summed E-state index contributed by atoms with van der Waals surface area (Å²) in [5.74, 6) is -0.00222. The number of pyridine rings is 1. The number of hydrogen-bond acceptors (Lipinski definition) is 6. The van der Waals surface area contributed by atoms with Crippen molar-refractivity contribution in [2.75, 3.05) is 31.2 Å². The van der Waals surface area contributed by atoms with Crippen molar-refractivity contribution >= 4 is 17.6 Å². The summed E-state index contributed by atoms with van der Waals surface area (Å²) in [5, 5.41) is 0. The molecule has 1 aliphatic heterocycles. The largest absolute Gasteiger partial charge is 0.451 e. The zero-order chi connectivity index (χ0) is 22.7. The number of ketones is 1. The number of carbonyl (C=O) groups excluding carboxylic acids is 2. The average molecular weight is 434 g/mol. The van der Waals surface area contributed by atoms with Crippen LogP contribution < -0.4 is 4.90 Å². The van der Waals surface area contributed by atoms with Gasteiger partial charge in [-0.1, -0.05) is 18.2 Å². The van der Waals surface area contributed by atoms with Crippen LogP contribution in [0.15, 0.2) is 54.7 Å². The first-order valence-corrected chi connectivity index (χ1v) is 10.7. The van der Waals surface area contributed by atoms with Gasteiger partial charge in [0.25, 0.3) is 0 Å². The number of ether oxygens (including phenoxy) is 2. The molecule has 1 saturated heterocycles. The molecule has 0 N–H and O–H groups in total. The van der Waals surface area contributed by atoms with Crippen molar-refractivity contribution in [2.45, 2.75) is 26.9 Å². The van der Waals surface area contributed by atoms with E-state index in [-0.39, 0.29) is 5.78 Å². The molecule has 7 heteroatoms. The van der Waals surface area contributed by atoms with Gasteiger partial charge in [-0.15, -0.1) is 0 Å². The van der Waals surface area contributed by atoms with Gasteiger partial charge in [0.05, 0.1) is 18.8 Å². The fourth-order valence-corrected chi connectivity index (χ4v) is 3.97. The zero-order valence-corrected chi connectivity index (χ0v) is 18.6. The van der Waals surface area contributed by atoms with E-state index in [0.29, 0.717) is 24.3 Å². The highest BCUT2D eigenvalue weighted by Crippen LogP contribution is 2.23. The molecule has 0 spiro atoms. The molecule has 0 bridgehead atoms. The highest BCUT2D eigenvalue weighted by Gasteiger charge is 2.25. The summed E-state index contributed by atoms with van der Waals surface area (Å²) in [4.78, 5) is 32.2. The van der Waals surface area contributed by atoms with E-state index in [1.165, 1.54) is 6.20 Å². The van der Waals surface area contributed by atoms with Crippen molar-refractivity contribution in [1.82, 2.24) is 9.55 Å². The molecule has 1 aromatic carbocycles. The Morgan fingerprint density at radius 1 is 1.06 bits per heavy atom. The van der Waals surface area contributed by atoms with Crippen molar-refractivity contribution in [1.29, 1.82) is 0 Å². The topological polar surface area (TPSA) is 73.7 Å². The van der Waals surface area contributed by atoms with Crippen molar-refractivity contribution in [3.63, 3.8) is 0 Å². The molecular weight excluding hydrogens is 406 g/mol. The predicted molar refractivity (Wildman–Crippen MR) is 122 cm³/mol. The monoisotopic (exact) mass is 433 g/mol. The summed E-state index contributed by atoms with van der Waals surface area (Å²) in [6.07, 6.45) is 0.581. The minimum atomic E-state index is -0.911. The van der Waals surface area contributed by atoms with E-state index >= 15 is 0 Å². The number of benzene rings is 1. The van der Waals surface area contributed by atoms with Crippen LogP contribution in [0.25, 0.3) is 5.69 Å². The van der Waals surface area contributed by atoms with Crippen LogP contribution in [0.1, 0.15) is 39.0 Å². The maximum Gasteiger partial charge on any atom is 0.340 e. The summed E-state index contributed by atoms with van der Waals surface area (Å²) < 4.78 is 12.9. The maximum atomic E-state index is 13.1. The molecule has 4 rings (SSSR count). The van der Waals surface area contributed by atoms with E-state index in [9.17, 15) is 9.59 Å². The van der Waals surface area contributed by atoms with Gasteiger partial charge in [0.1, 0.15) is 5.82 Å². The summed E-state index contributed by atoms with van der Waals surface area (Å²) in [5.41, 5.74) is 3.61. The SMILES string of the molecule is Cc1cc(C(=O)C(C)OC(=O)c2ccc(N3CCOCC3)nc2)c(C)n1-c1ccccc1. The number of anilines is 1. The van der Waals surface area contributed by atoms with Crippen molar-refractivity contribution < 1.29 is 19.1 Å². The molecule has 1 aliphatic rings. The molecule has 0 amide bonds. The van der Waals surface area contributed by atoms with Crippen molar-refractivity contribution in [2.24, 2.45) is 0 Å². The van der Waals surface area contributed by atoms with Crippen LogP contribution in [0, 0.1) is 13.8 Å². The van der Waals surface area contributed by atoms with E-state index in [1.54, 1.807) is 19.1 Å². The first-order chi connectivity index (χ1) is 15.5. The predicted octanol–water partition coefficient (Wildman–Crippen LogP) is 3.75. The number of Topliss-reactive ketones (excluding diaryl/α,β-unsaturated/α-hetero) is 1. The number of aryl methyl sites for hydroxylation is 1. The first kappa shape index (κ1) is 21.8. The van der Waals surface area contributed by atoms with Crippen LogP contribution in [-0.2, 0) is 9.47 Å². The average Bonchev–Trinajstić information content (AvgIpc) is 3.13. The Labute approximate surface area is 187 Å². The second-order valence-electron chi connectivity index (χ2n) is 7.87. The second kappa shape index (κ2) is 9.36. The Morgan fingerprint density at radius 3 is 2.44 bits per heavy atom. The third kappa shape index (κ3) is 4.43. The van der Waals surface area contributed by atoms with Crippen LogP contribution >= 0.6 is 0 Å². The summed E-state index contributed by atoms with van der Waals surface area (Å²) in [6.45, 7) is 8.31. The third-order valence-corrected chi connectivity index (χ3v) is 5.68. The quantitative estimate of drug-likeness (QED) is 0.435. The van der Waals surface area contributed by atoms with Crippen molar-refractivity contribution in [3.8, 4) is 5.69 Å². The first-order valence-electron chi connectivity index (χ1n) is 10.7. The highest BCUT2D eigenvalue weighted by molar-refractivity contribution is 6.02. The second-order valence-corrected chi connectivity index (χ2v) is 7.87. The number of aromatic nitrogens is 2. The Hall–Kier alpha value is -3.45. The van der Waals surface area contributed by atoms with Crippen LogP contribution in [0.5, 0.6) is 0 Å². The van der Waals surface area contributed by atoms with Crippen LogP contribution in [0.2, 0.25) is 0 Å². The van der Waals surface area contributed by atoms with Crippen LogP contribution in [0.3, 0.4) is 0 Å². The van der Waals surface area contributed by atoms with Gasteiger partial charge >= 0.3 is 5.97 Å². The van der Waals surface area contributed by atoms with E-state index in [2.05, 4.69) is 9.88 Å². The lowest BCUT2D eigenvalue weighted by Crippen LogP contribution is -2.36. The fourth-order valence-electron chi connectivity index (χ4n) is 3.97. The molecule has 32 heavy (non-hydrogen) atoms. The molecule has 3 aromatic rings. The van der Waals surface area contributed by atoms with Gasteiger partial charge in [-0.05, 0) is 51.1 Å². The number of carbonyl (C=O) groups is 2. The minimum Gasteiger partial charge on any atom is -0.451 e. The molecule has 0 saturated carbocycles. The Balaban J connectivity index is 1.45. The molecule has 1 fully saturated rings. The lowest BCUT2D eigenvalue weighted by molar-refractivity contribution is 0.0318. The van der Waals surface area contributed by atoms with Gasteiger partial charge in [0.15, 0.2) is 6.10 Å². The lowest BCUT2D eigenvalue weighted by atomic mass is 10.1. The Morgan fingerprint density at radius 2 is 1.78 bits per heavy atom. The zero-order valence-electron chi connectivity index (χ0n) is 18.6. The van der Waals surface area contributed by atoms with Crippen LogP contribution in [0.4, 0.5) is 5.82 Å². The van der Waals surface area contributed by atoms with Crippen molar-refractivity contribution in [3.05, 3.63) is 77.2 Å². The molecule has 0 radical (unpaired) electrons. The van der Waals surface area contributed by atoms with E-state index < -0.39 is 12.1 Å². The van der Waals surface area contributed by atoms with Gasteiger partial charge in [-0.2, -0.15) is 0 Å². The molecule has 1 unspecified atom stereocenters. The molecule has 1 atom stereocenters. The lowest BCUT2D eigenvalue weighted by Gasteiger charge is -2.27. The fraction of sp³-hybridized carbons (Fsp3) is 0.320. The van der Waals surface area contributed by atoms with E-state index in [4.69, 9.17) is 9.47 Å². The summed E-state index contributed by atoms with van der Waals surface area (Å²) in [6, 6.07) is 15.2. The standard InChI is InChI=1S/C25H27N3O4/c1-17-15-22(18(2)28(17)21-7-5-4-6-8-21)24(29)19(3)32-25(30)20-9-10-23(26-16-20)27-11-13-31-14-12-27/h4-10,15-16,19H,11-14H2,1-3H3. The Bertz CT molecular complexity index is 1100. The van der Waals surface area contributed by atoms with Gasteiger partial charge in [-0.3, -0.25) is 4.79 Å². The highest BCUT2D eigenvalue weighted by atomic mass is 16.5. The smallest absolute Gasteiger partial charge is 0.340 e. The number of hydrogen-bond donors (Lipinski definition) is 0. The van der Waals surface area contributed by atoms with Gasteiger partial charge in [0.2, 0.25) is 5.78 Å². The Kier molecular flexibility index (Phi) is 6.37. The molecule has 7 nitrogen and oxygen atoms in total. The normalized spacial score (nSPS) is 14.8. The van der Waals surface area contributed by atoms with Gasteiger partial charge < -0.3 is 18.9 Å². The number of morpholine rings is 1.